The van der Waals surface area contributed by atoms with Crippen molar-refractivity contribution in [3.8, 4) is 0 Å². The molecule has 6 heteroatoms. The molecule has 0 unspecified atom stereocenters. The standard InChI is InChI=1S/C12H16N2O4/c1-8(2)13(7-11(15)16)10-6-4-5-9(3)12(10)14(17)18/h4-6,8H,7H2,1-3H3,(H,15,16). The number of nitrogens with zero attached hydrogens (tertiary/aromatic N) is 2. The van der Waals surface area contributed by atoms with E-state index in [1.54, 1.807) is 39.0 Å². The van der Waals surface area contributed by atoms with E-state index in [4.69, 9.17) is 5.11 Å². The lowest BCUT2D eigenvalue weighted by Gasteiger charge is -2.27. The van der Waals surface area contributed by atoms with Gasteiger partial charge in [-0.25, -0.2) is 0 Å². The van der Waals surface area contributed by atoms with E-state index in [9.17, 15) is 14.9 Å². The lowest BCUT2D eigenvalue weighted by molar-refractivity contribution is -0.384. The Labute approximate surface area is 105 Å². The lowest BCUT2D eigenvalue weighted by atomic mass is 10.1. The Balaban J connectivity index is 3.32. The smallest absolute Gasteiger partial charge is 0.323 e. The molecule has 0 radical (unpaired) electrons. The maximum absolute atomic E-state index is 11.1. The van der Waals surface area contributed by atoms with Crippen LogP contribution in [0, 0.1) is 17.0 Å². The average Bonchev–Trinajstić information content (AvgIpc) is 2.24. The zero-order valence-electron chi connectivity index (χ0n) is 10.6. The minimum Gasteiger partial charge on any atom is -0.480 e. The number of rotatable bonds is 5. The summed E-state index contributed by atoms with van der Waals surface area (Å²) in [6, 6.07) is 4.77. The van der Waals surface area contributed by atoms with Gasteiger partial charge in [0.2, 0.25) is 0 Å². The molecule has 0 amide bonds. The van der Waals surface area contributed by atoms with Crippen LogP contribution >= 0.6 is 0 Å². The highest BCUT2D eigenvalue weighted by Gasteiger charge is 2.24. The Morgan fingerprint density at radius 2 is 2.11 bits per heavy atom. The molecule has 0 saturated heterocycles. The minimum atomic E-state index is -1.01. The molecular formula is C12H16N2O4. The summed E-state index contributed by atoms with van der Waals surface area (Å²) < 4.78 is 0. The summed E-state index contributed by atoms with van der Waals surface area (Å²) in [5.74, 6) is -1.01. The molecule has 98 valence electrons. The van der Waals surface area contributed by atoms with E-state index in [0.29, 0.717) is 11.3 Å². The van der Waals surface area contributed by atoms with Gasteiger partial charge < -0.3 is 10.0 Å². The second-order valence-electron chi connectivity index (χ2n) is 4.32. The molecule has 1 aromatic rings. The molecule has 0 atom stereocenters. The number of carboxylic acid groups (broad SMARTS) is 1. The third kappa shape index (κ3) is 2.97. The average molecular weight is 252 g/mol. The normalized spacial score (nSPS) is 10.4. The SMILES string of the molecule is Cc1cccc(N(CC(=O)O)C(C)C)c1[N+](=O)[O-]. The van der Waals surface area contributed by atoms with Gasteiger partial charge in [-0.3, -0.25) is 14.9 Å². The highest BCUT2D eigenvalue weighted by atomic mass is 16.6. The summed E-state index contributed by atoms with van der Waals surface area (Å²) in [6.07, 6.45) is 0. The van der Waals surface area contributed by atoms with Crippen LogP contribution in [0.15, 0.2) is 18.2 Å². The van der Waals surface area contributed by atoms with E-state index in [1.807, 2.05) is 0 Å². The molecule has 0 fully saturated rings. The number of hydrogen-bond donors (Lipinski definition) is 1. The monoisotopic (exact) mass is 252 g/mol. The number of benzene rings is 1. The number of aliphatic carboxylic acids is 1. The maximum atomic E-state index is 11.1. The van der Waals surface area contributed by atoms with Crippen LogP contribution in [0.25, 0.3) is 0 Å². The quantitative estimate of drug-likeness (QED) is 0.641. The molecule has 1 aromatic carbocycles. The topological polar surface area (TPSA) is 83.7 Å². The van der Waals surface area contributed by atoms with Crippen LogP contribution in [-0.2, 0) is 4.79 Å². The largest absolute Gasteiger partial charge is 0.480 e. The first kappa shape index (κ1) is 14.0. The maximum Gasteiger partial charge on any atom is 0.323 e. The van der Waals surface area contributed by atoms with Gasteiger partial charge in [0.1, 0.15) is 12.2 Å². The van der Waals surface area contributed by atoms with Crippen LogP contribution in [0.5, 0.6) is 0 Å². The summed E-state index contributed by atoms with van der Waals surface area (Å²) in [7, 11) is 0. The first-order chi connectivity index (χ1) is 8.34. The van der Waals surface area contributed by atoms with Crippen molar-refractivity contribution < 1.29 is 14.8 Å². The summed E-state index contributed by atoms with van der Waals surface area (Å²) in [5, 5.41) is 20.0. The molecule has 0 heterocycles. The van der Waals surface area contributed by atoms with Crippen LogP contribution in [0.3, 0.4) is 0 Å². The van der Waals surface area contributed by atoms with Gasteiger partial charge in [-0.15, -0.1) is 0 Å². The third-order valence-corrected chi connectivity index (χ3v) is 2.64. The predicted molar refractivity (Wildman–Crippen MR) is 68.0 cm³/mol. The number of para-hydroxylation sites is 1. The van der Waals surface area contributed by atoms with Gasteiger partial charge in [-0.1, -0.05) is 12.1 Å². The Hall–Kier alpha value is -2.11. The molecule has 0 saturated carbocycles. The number of hydrogen-bond acceptors (Lipinski definition) is 4. The van der Waals surface area contributed by atoms with Crippen LogP contribution in [-0.4, -0.2) is 28.6 Å². The third-order valence-electron chi connectivity index (χ3n) is 2.64. The molecule has 0 aliphatic carbocycles. The summed E-state index contributed by atoms with van der Waals surface area (Å²) in [4.78, 5) is 23.0. The minimum absolute atomic E-state index is 0.0348. The number of anilines is 1. The van der Waals surface area contributed by atoms with Gasteiger partial charge in [-0.2, -0.15) is 0 Å². The lowest BCUT2D eigenvalue weighted by Crippen LogP contribution is -2.36. The Morgan fingerprint density at radius 3 is 2.56 bits per heavy atom. The highest BCUT2D eigenvalue weighted by Crippen LogP contribution is 2.32. The second-order valence-corrected chi connectivity index (χ2v) is 4.32. The van der Waals surface area contributed by atoms with Crippen molar-refractivity contribution in [3.63, 3.8) is 0 Å². The van der Waals surface area contributed by atoms with E-state index in [2.05, 4.69) is 0 Å². The fraction of sp³-hybridized carbons (Fsp3) is 0.417. The predicted octanol–water partition coefficient (Wildman–Crippen LogP) is 2.20. The van der Waals surface area contributed by atoms with Crippen molar-refractivity contribution in [1.82, 2.24) is 0 Å². The summed E-state index contributed by atoms with van der Waals surface area (Å²) in [6.45, 7) is 4.98. The van der Waals surface area contributed by atoms with Crippen LogP contribution in [0.1, 0.15) is 19.4 Å². The van der Waals surface area contributed by atoms with Crippen LogP contribution in [0.4, 0.5) is 11.4 Å². The first-order valence-corrected chi connectivity index (χ1v) is 5.57. The molecule has 0 aliphatic heterocycles. The molecule has 1 rings (SSSR count). The van der Waals surface area contributed by atoms with Crippen molar-refractivity contribution >= 4 is 17.3 Å². The van der Waals surface area contributed by atoms with E-state index < -0.39 is 10.9 Å². The molecule has 18 heavy (non-hydrogen) atoms. The molecule has 0 spiro atoms. The van der Waals surface area contributed by atoms with Crippen LogP contribution < -0.4 is 4.90 Å². The molecular weight excluding hydrogens is 236 g/mol. The zero-order valence-corrected chi connectivity index (χ0v) is 10.6. The summed E-state index contributed by atoms with van der Waals surface area (Å²) >= 11 is 0. The van der Waals surface area contributed by atoms with Gasteiger partial charge in [0.05, 0.1) is 4.92 Å². The van der Waals surface area contributed by atoms with E-state index in [1.165, 1.54) is 4.90 Å². The Bertz CT molecular complexity index is 471. The van der Waals surface area contributed by atoms with Gasteiger partial charge in [0.15, 0.2) is 0 Å². The van der Waals surface area contributed by atoms with Crippen molar-refractivity contribution in [1.29, 1.82) is 0 Å². The van der Waals surface area contributed by atoms with E-state index >= 15 is 0 Å². The van der Waals surface area contributed by atoms with Gasteiger partial charge >= 0.3 is 5.97 Å². The van der Waals surface area contributed by atoms with Gasteiger partial charge in [-0.05, 0) is 26.8 Å². The zero-order chi connectivity index (χ0) is 13.9. The van der Waals surface area contributed by atoms with E-state index in [-0.39, 0.29) is 18.3 Å². The number of aryl methyl sites for hydroxylation is 1. The number of nitro groups is 1. The molecule has 0 aromatic heterocycles. The van der Waals surface area contributed by atoms with Crippen molar-refractivity contribution in [2.45, 2.75) is 26.8 Å². The van der Waals surface area contributed by atoms with Gasteiger partial charge in [0.25, 0.3) is 5.69 Å². The fourth-order valence-corrected chi connectivity index (χ4v) is 1.80. The number of carboxylic acids is 1. The van der Waals surface area contributed by atoms with Gasteiger partial charge in [0, 0.05) is 11.6 Å². The molecule has 6 nitrogen and oxygen atoms in total. The Kier molecular flexibility index (Phi) is 4.25. The number of nitro benzene ring substituents is 1. The van der Waals surface area contributed by atoms with Crippen molar-refractivity contribution in [3.05, 3.63) is 33.9 Å². The molecule has 1 N–H and O–H groups in total. The molecule has 0 bridgehead atoms. The first-order valence-electron chi connectivity index (χ1n) is 5.57. The van der Waals surface area contributed by atoms with Crippen LogP contribution in [0.2, 0.25) is 0 Å². The Morgan fingerprint density at radius 1 is 1.50 bits per heavy atom. The summed E-state index contributed by atoms with van der Waals surface area (Å²) in [5.41, 5.74) is 0.832. The fourth-order valence-electron chi connectivity index (χ4n) is 1.80. The van der Waals surface area contributed by atoms with Crippen molar-refractivity contribution in [2.75, 3.05) is 11.4 Å². The molecule has 0 aliphatic rings. The number of carbonyl (C=O) groups is 1. The second kappa shape index (κ2) is 5.48. The highest BCUT2D eigenvalue weighted by molar-refractivity contribution is 5.77. The van der Waals surface area contributed by atoms with Crippen molar-refractivity contribution in [2.24, 2.45) is 0 Å². The van der Waals surface area contributed by atoms with E-state index in [0.717, 1.165) is 0 Å².